The number of nitrogens with zero attached hydrogens (tertiary/aromatic N) is 3. The fraction of sp³-hybridized carbons (Fsp3) is 0.385. The number of fused-ring (bicyclic) bond motifs is 1. The fourth-order valence-corrected chi connectivity index (χ4v) is 2.13. The number of benzene rings is 1. The first kappa shape index (κ1) is 14.1. The number of hydrogen-bond acceptors (Lipinski definition) is 4. The van der Waals surface area contributed by atoms with Gasteiger partial charge >= 0.3 is 0 Å². The molecule has 1 aliphatic heterocycles. The van der Waals surface area contributed by atoms with Gasteiger partial charge in [-0.15, -0.1) is 24.0 Å². The molecule has 19 heavy (non-hydrogen) atoms. The summed E-state index contributed by atoms with van der Waals surface area (Å²) in [7, 11) is 0. The van der Waals surface area contributed by atoms with Crippen molar-refractivity contribution in [2.24, 2.45) is 4.99 Å². The number of nitrogens with one attached hydrogen (secondary N) is 2. The Labute approximate surface area is 129 Å². The lowest BCUT2D eigenvalue weighted by molar-refractivity contribution is 0.654. The van der Waals surface area contributed by atoms with E-state index in [2.05, 4.69) is 31.2 Å². The van der Waals surface area contributed by atoms with E-state index in [0.717, 1.165) is 44.1 Å². The van der Waals surface area contributed by atoms with Crippen LogP contribution in [0, 0.1) is 0 Å². The van der Waals surface area contributed by atoms with E-state index in [4.69, 9.17) is 0 Å². The Bertz CT molecular complexity index is 563. The number of aromatic nitrogens is 2. The second kappa shape index (κ2) is 6.74. The van der Waals surface area contributed by atoms with E-state index in [1.54, 1.807) is 0 Å². The lowest BCUT2D eigenvalue weighted by Crippen LogP contribution is -2.41. The van der Waals surface area contributed by atoms with Crippen molar-refractivity contribution in [1.82, 2.24) is 20.2 Å². The topological polar surface area (TPSA) is 54.2 Å². The zero-order valence-electron chi connectivity index (χ0n) is 10.7. The van der Waals surface area contributed by atoms with Gasteiger partial charge in [-0.3, -0.25) is 4.99 Å². The monoisotopic (exact) mass is 371 g/mol. The molecule has 2 heterocycles. The average Bonchev–Trinajstić information content (AvgIpc) is 2.84. The van der Waals surface area contributed by atoms with E-state index in [1.165, 1.54) is 5.52 Å². The number of para-hydroxylation sites is 2. The molecule has 0 saturated carbocycles. The first-order valence-corrected chi connectivity index (χ1v) is 6.35. The third-order valence-electron chi connectivity index (χ3n) is 3.07. The molecule has 0 spiro atoms. The van der Waals surface area contributed by atoms with E-state index in [1.807, 2.05) is 24.5 Å². The molecule has 2 aromatic rings. The van der Waals surface area contributed by atoms with Gasteiger partial charge in [0, 0.05) is 26.2 Å². The highest BCUT2D eigenvalue weighted by atomic mass is 127. The zero-order chi connectivity index (χ0) is 12.2. The van der Waals surface area contributed by atoms with Crippen LogP contribution in [0.5, 0.6) is 0 Å². The van der Waals surface area contributed by atoms with Crippen molar-refractivity contribution in [3.63, 3.8) is 0 Å². The van der Waals surface area contributed by atoms with Crippen molar-refractivity contribution in [3.8, 4) is 0 Å². The van der Waals surface area contributed by atoms with Gasteiger partial charge in [-0.2, -0.15) is 0 Å². The third kappa shape index (κ3) is 3.37. The largest absolute Gasteiger partial charge is 0.356 e. The second-order valence-electron chi connectivity index (χ2n) is 4.36. The van der Waals surface area contributed by atoms with Gasteiger partial charge in [0.1, 0.15) is 0 Å². The summed E-state index contributed by atoms with van der Waals surface area (Å²) >= 11 is 0. The number of hydrogen-bond donors (Lipinski definition) is 2. The maximum atomic E-state index is 4.38. The van der Waals surface area contributed by atoms with Crippen LogP contribution in [-0.2, 0) is 6.54 Å². The molecule has 0 amide bonds. The molecular weight excluding hydrogens is 353 g/mol. The quantitative estimate of drug-likeness (QED) is 0.806. The Morgan fingerprint density at radius 2 is 2.21 bits per heavy atom. The molecule has 0 saturated heterocycles. The molecule has 0 bridgehead atoms. The summed E-state index contributed by atoms with van der Waals surface area (Å²) in [4.78, 5) is 8.75. The van der Waals surface area contributed by atoms with Crippen molar-refractivity contribution in [2.75, 3.05) is 19.6 Å². The Morgan fingerprint density at radius 3 is 3.05 bits per heavy atom. The van der Waals surface area contributed by atoms with Crippen LogP contribution in [0.15, 0.2) is 35.6 Å². The highest BCUT2D eigenvalue weighted by molar-refractivity contribution is 14.0. The summed E-state index contributed by atoms with van der Waals surface area (Å²) in [5.41, 5.74) is 2.23. The van der Waals surface area contributed by atoms with E-state index in [-0.39, 0.29) is 24.0 Å². The average molecular weight is 371 g/mol. The SMILES string of the molecule is I.c1ccc2c(c1)ncn2CCNC1=NCCCN1. The molecule has 1 aromatic carbocycles. The molecule has 3 rings (SSSR count). The molecular formula is C13H18IN5. The maximum absolute atomic E-state index is 4.38. The smallest absolute Gasteiger partial charge is 0.191 e. The van der Waals surface area contributed by atoms with Crippen LogP contribution in [0.4, 0.5) is 0 Å². The molecule has 2 N–H and O–H groups in total. The second-order valence-corrected chi connectivity index (χ2v) is 4.36. The molecule has 0 fully saturated rings. The van der Waals surface area contributed by atoms with Gasteiger partial charge in [-0.25, -0.2) is 4.98 Å². The van der Waals surface area contributed by atoms with Crippen LogP contribution >= 0.6 is 24.0 Å². The fourth-order valence-electron chi connectivity index (χ4n) is 2.13. The molecule has 0 aliphatic carbocycles. The predicted molar refractivity (Wildman–Crippen MR) is 88.1 cm³/mol. The number of aliphatic imine (C=N–C) groups is 1. The van der Waals surface area contributed by atoms with Crippen LogP contribution < -0.4 is 10.6 Å². The summed E-state index contributed by atoms with van der Waals surface area (Å²) in [5, 5.41) is 6.57. The van der Waals surface area contributed by atoms with Crippen molar-refractivity contribution in [1.29, 1.82) is 0 Å². The Morgan fingerprint density at radius 1 is 1.32 bits per heavy atom. The molecule has 102 valence electrons. The predicted octanol–water partition coefficient (Wildman–Crippen LogP) is 1.59. The first-order valence-electron chi connectivity index (χ1n) is 6.35. The van der Waals surface area contributed by atoms with Crippen LogP contribution in [0.1, 0.15) is 6.42 Å². The van der Waals surface area contributed by atoms with Crippen molar-refractivity contribution >= 4 is 41.0 Å². The minimum atomic E-state index is 0. The molecule has 1 aliphatic rings. The van der Waals surface area contributed by atoms with Gasteiger partial charge in [0.15, 0.2) is 5.96 Å². The summed E-state index contributed by atoms with van der Waals surface area (Å²) < 4.78 is 2.16. The summed E-state index contributed by atoms with van der Waals surface area (Å²) in [5.74, 6) is 0.922. The first-order chi connectivity index (χ1) is 8.93. The van der Waals surface area contributed by atoms with E-state index >= 15 is 0 Å². The molecule has 5 nitrogen and oxygen atoms in total. The van der Waals surface area contributed by atoms with Gasteiger partial charge in [0.2, 0.25) is 0 Å². The lowest BCUT2D eigenvalue weighted by atomic mass is 10.3. The van der Waals surface area contributed by atoms with Crippen molar-refractivity contribution < 1.29 is 0 Å². The summed E-state index contributed by atoms with van der Waals surface area (Å²) in [6.07, 6.45) is 3.01. The summed E-state index contributed by atoms with van der Waals surface area (Å²) in [6, 6.07) is 8.18. The van der Waals surface area contributed by atoms with Gasteiger partial charge in [0.25, 0.3) is 0 Å². The molecule has 1 aromatic heterocycles. The van der Waals surface area contributed by atoms with Crippen LogP contribution in [0.25, 0.3) is 11.0 Å². The van der Waals surface area contributed by atoms with Crippen molar-refractivity contribution in [3.05, 3.63) is 30.6 Å². The molecule has 0 radical (unpaired) electrons. The van der Waals surface area contributed by atoms with Gasteiger partial charge in [-0.05, 0) is 18.6 Å². The Hall–Kier alpha value is -1.31. The highest BCUT2D eigenvalue weighted by Gasteiger charge is 2.04. The van der Waals surface area contributed by atoms with Gasteiger partial charge in [-0.1, -0.05) is 12.1 Å². The van der Waals surface area contributed by atoms with E-state index in [9.17, 15) is 0 Å². The minimum absolute atomic E-state index is 0. The maximum Gasteiger partial charge on any atom is 0.191 e. The number of halogens is 1. The Kier molecular flexibility index (Phi) is 5.00. The van der Waals surface area contributed by atoms with Gasteiger partial charge < -0.3 is 15.2 Å². The third-order valence-corrected chi connectivity index (χ3v) is 3.07. The summed E-state index contributed by atoms with van der Waals surface area (Å²) in [6.45, 7) is 3.68. The number of guanidine groups is 1. The Balaban J connectivity index is 0.00000133. The minimum Gasteiger partial charge on any atom is -0.356 e. The van der Waals surface area contributed by atoms with E-state index in [0.29, 0.717) is 0 Å². The molecule has 6 heteroatoms. The number of rotatable bonds is 3. The van der Waals surface area contributed by atoms with Crippen molar-refractivity contribution in [2.45, 2.75) is 13.0 Å². The number of imidazole rings is 1. The normalized spacial score (nSPS) is 14.4. The lowest BCUT2D eigenvalue weighted by Gasteiger charge is -2.16. The molecule has 0 unspecified atom stereocenters. The van der Waals surface area contributed by atoms with Gasteiger partial charge in [0.05, 0.1) is 17.4 Å². The standard InChI is InChI=1S/C13H17N5.HI/c1-2-5-12-11(4-1)17-10-18(12)9-8-16-13-14-6-3-7-15-13;/h1-2,4-5,10H,3,6-9H2,(H2,14,15,16);1H. The zero-order valence-corrected chi connectivity index (χ0v) is 13.0. The molecule has 0 atom stereocenters. The highest BCUT2D eigenvalue weighted by Crippen LogP contribution is 2.10. The van der Waals surface area contributed by atoms with E-state index < -0.39 is 0 Å². The van der Waals surface area contributed by atoms with Crippen LogP contribution in [0.3, 0.4) is 0 Å². The van der Waals surface area contributed by atoms with Crippen LogP contribution in [0.2, 0.25) is 0 Å². The van der Waals surface area contributed by atoms with Crippen LogP contribution in [-0.4, -0.2) is 35.1 Å².